The number of nitrogens with zero attached hydrogens (tertiary/aromatic N) is 5. The van der Waals surface area contributed by atoms with Crippen LogP contribution in [0.5, 0.6) is 0 Å². The Kier molecular flexibility index (Phi) is 5.48. The first kappa shape index (κ1) is 16.4. The van der Waals surface area contributed by atoms with Crippen molar-refractivity contribution in [3.63, 3.8) is 0 Å². The first-order chi connectivity index (χ1) is 10.5. The van der Waals surface area contributed by atoms with Crippen LogP contribution in [0, 0.1) is 10.1 Å². The third-order valence-electron chi connectivity index (χ3n) is 3.99. The molecular formula is C14H23N5O3. The Labute approximate surface area is 129 Å². The van der Waals surface area contributed by atoms with Crippen LogP contribution in [-0.2, 0) is 11.3 Å². The van der Waals surface area contributed by atoms with Crippen molar-refractivity contribution in [3.05, 3.63) is 22.5 Å². The van der Waals surface area contributed by atoms with Crippen molar-refractivity contribution in [1.29, 1.82) is 0 Å². The zero-order valence-corrected chi connectivity index (χ0v) is 13.1. The fourth-order valence-electron chi connectivity index (χ4n) is 2.79. The second-order valence-electron chi connectivity index (χ2n) is 5.94. The Morgan fingerprint density at radius 1 is 1.55 bits per heavy atom. The van der Waals surface area contributed by atoms with Crippen molar-refractivity contribution in [3.8, 4) is 0 Å². The molecule has 2 heterocycles. The molecule has 2 rings (SSSR count). The summed E-state index contributed by atoms with van der Waals surface area (Å²) in [6.07, 6.45) is 6.01. The molecule has 8 nitrogen and oxygen atoms in total. The number of amides is 1. The molecule has 1 fully saturated rings. The highest BCUT2D eigenvalue weighted by Gasteiger charge is 2.28. The van der Waals surface area contributed by atoms with Crippen molar-refractivity contribution in [2.75, 3.05) is 27.2 Å². The number of likely N-dealkylation sites (tertiary alicyclic amines) is 1. The van der Waals surface area contributed by atoms with Crippen LogP contribution < -0.4 is 0 Å². The van der Waals surface area contributed by atoms with Gasteiger partial charge in [-0.1, -0.05) is 0 Å². The summed E-state index contributed by atoms with van der Waals surface area (Å²) in [5.74, 6) is 0.111. The molecular weight excluding hydrogens is 286 g/mol. The first-order valence-corrected chi connectivity index (χ1v) is 7.58. The summed E-state index contributed by atoms with van der Waals surface area (Å²) < 4.78 is 1.46. The smallest absolute Gasteiger partial charge is 0.306 e. The van der Waals surface area contributed by atoms with Gasteiger partial charge in [0.15, 0.2) is 0 Å². The molecule has 1 atom stereocenters. The van der Waals surface area contributed by atoms with Crippen molar-refractivity contribution >= 4 is 11.6 Å². The molecule has 122 valence electrons. The van der Waals surface area contributed by atoms with Crippen LogP contribution in [0.25, 0.3) is 0 Å². The second-order valence-corrected chi connectivity index (χ2v) is 5.94. The highest BCUT2D eigenvalue weighted by molar-refractivity contribution is 5.76. The number of carbonyl (C=O) groups excluding carboxylic acids is 1. The lowest BCUT2D eigenvalue weighted by atomic mass is 10.1. The summed E-state index contributed by atoms with van der Waals surface area (Å²) in [5, 5.41) is 14.5. The van der Waals surface area contributed by atoms with Crippen LogP contribution in [0.4, 0.5) is 5.69 Å². The molecule has 0 aliphatic carbocycles. The van der Waals surface area contributed by atoms with E-state index in [-0.39, 0.29) is 11.6 Å². The van der Waals surface area contributed by atoms with Crippen LogP contribution in [-0.4, -0.2) is 63.6 Å². The van der Waals surface area contributed by atoms with Gasteiger partial charge >= 0.3 is 5.69 Å². The van der Waals surface area contributed by atoms with Gasteiger partial charge < -0.3 is 9.80 Å². The molecule has 22 heavy (non-hydrogen) atoms. The van der Waals surface area contributed by atoms with Crippen LogP contribution in [0.2, 0.25) is 0 Å². The van der Waals surface area contributed by atoms with Crippen LogP contribution in [0.1, 0.15) is 25.7 Å². The highest BCUT2D eigenvalue weighted by Crippen LogP contribution is 2.21. The Hall–Kier alpha value is -1.96. The number of nitro groups is 1. The molecule has 1 amide bonds. The number of aromatic nitrogens is 2. The molecule has 1 unspecified atom stereocenters. The van der Waals surface area contributed by atoms with Crippen LogP contribution in [0.15, 0.2) is 12.4 Å². The van der Waals surface area contributed by atoms with Gasteiger partial charge in [-0.3, -0.25) is 19.6 Å². The zero-order valence-electron chi connectivity index (χ0n) is 13.1. The van der Waals surface area contributed by atoms with Crippen molar-refractivity contribution < 1.29 is 9.72 Å². The van der Waals surface area contributed by atoms with Gasteiger partial charge in [-0.2, -0.15) is 5.10 Å². The minimum atomic E-state index is -0.483. The second kappa shape index (κ2) is 7.35. The monoisotopic (exact) mass is 309 g/mol. The van der Waals surface area contributed by atoms with Gasteiger partial charge in [0, 0.05) is 25.6 Å². The average molecular weight is 309 g/mol. The summed E-state index contributed by atoms with van der Waals surface area (Å²) in [5.41, 5.74) is -0.0440. The summed E-state index contributed by atoms with van der Waals surface area (Å²) >= 11 is 0. The van der Waals surface area contributed by atoms with Gasteiger partial charge in [-0.05, 0) is 39.9 Å². The summed E-state index contributed by atoms with van der Waals surface area (Å²) in [7, 11) is 4.07. The summed E-state index contributed by atoms with van der Waals surface area (Å²) in [6.45, 7) is 2.17. The minimum absolute atomic E-state index is 0.0440. The third-order valence-corrected chi connectivity index (χ3v) is 3.99. The predicted molar refractivity (Wildman–Crippen MR) is 81.4 cm³/mol. The van der Waals surface area contributed by atoms with E-state index >= 15 is 0 Å². The van der Waals surface area contributed by atoms with Gasteiger partial charge in [0.1, 0.15) is 12.4 Å². The van der Waals surface area contributed by atoms with Crippen LogP contribution in [0.3, 0.4) is 0 Å². The normalized spacial score (nSPS) is 18.1. The minimum Gasteiger partial charge on any atom is -0.340 e. The van der Waals surface area contributed by atoms with Gasteiger partial charge in [-0.25, -0.2) is 0 Å². The fraction of sp³-hybridized carbons (Fsp3) is 0.714. The number of hydrogen-bond acceptors (Lipinski definition) is 5. The maximum atomic E-state index is 12.4. The Bertz CT molecular complexity index is 528. The molecule has 1 saturated heterocycles. The van der Waals surface area contributed by atoms with E-state index in [1.54, 1.807) is 0 Å². The number of aryl methyl sites for hydroxylation is 1. The third kappa shape index (κ3) is 4.27. The van der Waals surface area contributed by atoms with Gasteiger partial charge in [0.05, 0.1) is 4.92 Å². The highest BCUT2D eigenvalue weighted by atomic mass is 16.6. The molecule has 1 aliphatic rings. The largest absolute Gasteiger partial charge is 0.340 e. The van der Waals surface area contributed by atoms with E-state index < -0.39 is 4.92 Å². The summed E-state index contributed by atoms with van der Waals surface area (Å²) in [6, 6.07) is 0.321. The fourth-order valence-corrected chi connectivity index (χ4v) is 2.79. The first-order valence-electron chi connectivity index (χ1n) is 7.58. The molecule has 0 bridgehead atoms. The molecule has 1 aromatic heterocycles. The molecule has 8 heteroatoms. The summed E-state index contributed by atoms with van der Waals surface area (Å²) in [4.78, 5) is 26.6. The topological polar surface area (TPSA) is 84.5 Å². The quantitative estimate of drug-likeness (QED) is 0.557. The molecule has 0 aromatic carbocycles. The van der Waals surface area contributed by atoms with E-state index in [4.69, 9.17) is 0 Å². The standard InChI is InChI=1S/C14H23N5O3/c1-16(2)8-5-12-4-3-7-18(12)14(20)6-9-17-11-13(10-15-17)19(21)22/h10-12H,3-9H2,1-2H3. The van der Waals surface area contributed by atoms with E-state index in [0.717, 1.165) is 32.4 Å². The van der Waals surface area contributed by atoms with Gasteiger partial charge in [0.25, 0.3) is 0 Å². The lowest BCUT2D eigenvalue weighted by molar-refractivity contribution is -0.385. The van der Waals surface area contributed by atoms with E-state index in [1.807, 2.05) is 19.0 Å². The number of carbonyl (C=O) groups is 1. The predicted octanol–water partition coefficient (Wildman–Crippen LogP) is 1.12. The van der Waals surface area contributed by atoms with E-state index in [9.17, 15) is 14.9 Å². The molecule has 0 spiro atoms. The number of rotatable bonds is 7. The Morgan fingerprint density at radius 3 is 2.95 bits per heavy atom. The SMILES string of the molecule is CN(C)CCC1CCCN1C(=O)CCn1cc([N+](=O)[O-])cn1. The average Bonchev–Trinajstić information content (AvgIpc) is 3.11. The van der Waals surface area contributed by atoms with E-state index in [2.05, 4.69) is 10.00 Å². The lowest BCUT2D eigenvalue weighted by Crippen LogP contribution is -2.37. The zero-order chi connectivity index (χ0) is 16.1. The molecule has 0 saturated carbocycles. The maximum absolute atomic E-state index is 12.4. The Morgan fingerprint density at radius 2 is 2.32 bits per heavy atom. The number of hydrogen-bond donors (Lipinski definition) is 0. The molecule has 0 N–H and O–H groups in total. The van der Waals surface area contributed by atoms with E-state index in [1.165, 1.54) is 17.1 Å². The van der Waals surface area contributed by atoms with Crippen LogP contribution >= 0.6 is 0 Å². The van der Waals surface area contributed by atoms with Crippen molar-refractivity contribution in [2.24, 2.45) is 0 Å². The van der Waals surface area contributed by atoms with Crippen molar-refractivity contribution in [2.45, 2.75) is 38.3 Å². The molecule has 1 aliphatic heterocycles. The lowest BCUT2D eigenvalue weighted by Gasteiger charge is -2.26. The van der Waals surface area contributed by atoms with Gasteiger partial charge in [0.2, 0.25) is 5.91 Å². The van der Waals surface area contributed by atoms with Gasteiger partial charge in [-0.15, -0.1) is 0 Å². The van der Waals surface area contributed by atoms with E-state index in [0.29, 0.717) is 19.0 Å². The molecule has 1 aromatic rings. The van der Waals surface area contributed by atoms with Crippen molar-refractivity contribution in [1.82, 2.24) is 19.6 Å². The Balaban J connectivity index is 1.83. The maximum Gasteiger partial charge on any atom is 0.306 e. The molecule has 0 radical (unpaired) electrons.